The third-order valence-corrected chi connectivity index (χ3v) is 3.78. The molecule has 108 valence electrons. The first kappa shape index (κ1) is 15.2. The molecular weight excluding hydrogens is 270 g/mol. The van der Waals surface area contributed by atoms with Gasteiger partial charge in [-0.25, -0.2) is 0 Å². The molecule has 3 nitrogen and oxygen atoms in total. The number of halogens is 1. The van der Waals surface area contributed by atoms with E-state index < -0.39 is 0 Å². The molecule has 0 saturated carbocycles. The second kappa shape index (κ2) is 7.02. The predicted molar refractivity (Wildman–Crippen MR) is 86.2 cm³/mol. The first-order valence-corrected chi connectivity index (χ1v) is 7.36. The molecule has 1 unspecified atom stereocenters. The number of aromatic nitrogens is 1. The highest BCUT2D eigenvalue weighted by Crippen LogP contribution is 2.24. The van der Waals surface area contributed by atoms with Crippen LogP contribution in [0.1, 0.15) is 18.9 Å². The molecule has 0 amide bonds. The zero-order valence-corrected chi connectivity index (χ0v) is 13.1. The average Bonchev–Trinajstić information content (AvgIpc) is 2.45. The third-order valence-electron chi connectivity index (χ3n) is 3.45. The van der Waals surface area contributed by atoms with Gasteiger partial charge in [-0.15, -0.1) is 0 Å². The van der Waals surface area contributed by atoms with Crippen molar-refractivity contribution in [1.82, 2.24) is 15.2 Å². The second-order valence-corrected chi connectivity index (χ2v) is 5.89. The zero-order chi connectivity index (χ0) is 14.5. The second-order valence-electron chi connectivity index (χ2n) is 5.48. The zero-order valence-electron chi connectivity index (χ0n) is 12.4. The summed E-state index contributed by atoms with van der Waals surface area (Å²) in [7, 11) is 4.20. The van der Waals surface area contributed by atoms with Gasteiger partial charge in [0.25, 0.3) is 0 Å². The summed E-state index contributed by atoms with van der Waals surface area (Å²) in [6, 6.07) is 8.43. The lowest BCUT2D eigenvalue weighted by molar-refractivity contribution is 0.366. The Bertz CT molecular complexity index is 569. The monoisotopic (exact) mass is 291 g/mol. The minimum Gasteiger partial charge on any atom is -0.310 e. The molecule has 2 rings (SSSR count). The van der Waals surface area contributed by atoms with E-state index in [2.05, 4.69) is 42.3 Å². The van der Waals surface area contributed by atoms with E-state index in [1.807, 2.05) is 24.4 Å². The fraction of sp³-hybridized carbons (Fsp3) is 0.438. The largest absolute Gasteiger partial charge is 0.310 e. The topological polar surface area (TPSA) is 28.2 Å². The summed E-state index contributed by atoms with van der Waals surface area (Å²) in [5.41, 5.74) is 2.19. The van der Waals surface area contributed by atoms with Gasteiger partial charge in [-0.2, -0.15) is 0 Å². The molecule has 1 aromatic heterocycles. The minimum absolute atomic E-state index is 0.479. The molecule has 1 atom stereocenters. The van der Waals surface area contributed by atoms with E-state index in [9.17, 15) is 0 Å². The van der Waals surface area contributed by atoms with E-state index in [1.165, 1.54) is 5.56 Å². The fourth-order valence-electron chi connectivity index (χ4n) is 2.18. The van der Waals surface area contributed by atoms with Crippen LogP contribution in [0.25, 0.3) is 10.9 Å². The van der Waals surface area contributed by atoms with Crippen LogP contribution in [-0.4, -0.2) is 36.6 Å². The summed E-state index contributed by atoms with van der Waals surface area (Å²) >= 11 is 6.21. The van der Waals surface area contributed by atoms with E-state index in [4.69, 9.17) is 11.6 Å². The van der Waals surface area contributed by atoms with Crippen LogP contribution in [0, 0.1) is 0 Å². The van der Waals surface area contributed by atoms with Crippen LogP contribution in [0.15, 0.2) is 30.5 Å². The Labute approximate surface area is 126 Å². The summed E-state index contributed by atoms with van der Waals surface area (Å²) in [6.45, 7) is 4.13. The van der Waals surface area contributed by atoms with Gasteiger partial charge in [0.2, 0.25) is 0 Å². The Morgan fingerprint density at radius 1 is 1.30 bits per heavy atom. The van der Waals surface area contributed by atoms with E-state index in [1.54, 1.807) is 0 Å². The summed E-state index contributed by atoms with van der Waals surface area (Å²) in [4.78, 5) is 6.67. The maximum absolute atomic E-state index is 6.21. The number of fused-ring (bicyclic) bond motifs is 1. The van der Waals surface area contributed by atoms with Crippen LogP contribution < -0.4 is 5.32 Å². The van der Waals surface area contributed by atoms with E-state index in [0.29, 0.717) is 6.04 Å². The molecule has 2 aromatic rings. The fourth-order valence-corrected chi connectivity index (χ4v) is 2.39. The SMILES string of the molecule is CC(CCN(C)C)NCc1ccc(Cl)c2cccnc12. The van der Waals surface area contributed by atoms with Gasteiger partial charge in [0.1, 0.15) is 0 Å². The number of benzene rings is 1. The third kappa shape index (κ3) is 3.92. The van der Waals surface area contributed by atoms with Crippen molar-refractivity contribution in [3.8, 4) is 0 Å². The van der Waals surface area contributed by atoms with Gasteiger partial charge in [-0.3, -0.25) is 4.98 Å². The number of pyridine rings is 1. The molecule has 0 aliphatic heterocycles. The maximum Gasteiger partial charge on any atom is 0.0761 e. The highest BCUT2D eigenvalue weighted by Gasteiger charge is 2.07. The molecule has 4 heteroatoms. The van der Waals surface area contributed by atoms with Gasteiger partial charge in [0.05, 0.1) is 5.52 Å². The predicted octanol–water partition coefficient (Wildman–Crippen LogP) is 3.32. The highest BCUT2D eigenvalue weighted by molar-refractivity contribution is 6.35. The number of hydrogen-bond acceptors (Lipinski definition) is 3. The Kier molecular flexibility index (Phi) is 5.35. The van der Waals surface area contributed by atoms with Crippen molar-refractivity contribution < 1.29 is 0 Å². The highest BCUT2D eigenvalue weighted by atomic mass is 35.5. The van der Waals surface area contributed by atoms with Crippen molar-refractivity contribution in [2.24, 2.45) is 0 Å². The summed E-state index contributed by atoms with van der Waals surface area (Å²) in [5, 5.41) is 5.34. The van der Waals surface area contributed by atoms with Crippen molar-refractivity contribution in [2.45, 2.75) is 25.9 Å². The Balaban J connectivity index is 2.05. The molecule has 20 heavy (non-hydrogen) atoms. The number of hydrogen-bond donors (Lipinski definition) is 1. The number of rotatable bonds is 6. The smallest absolute Gasteiger partial charge is 0.0761 e. The van der Waals surface area contributed by atoms with Crippen LogP contribution in [0.5, 0.6) is 0 Å². The number of nitrogens with zero attached hydrogens (tertiary/aromatic N) is 2. The summed E-state index contributed by atoms with van der Waals surface area (Å²) in [6.07, 6.45) is 2.95. The van der Waals surface area contributed by atoms with Crippen molar-refractivity contribution >= 4 is 22.5 Å². The van der Waals surface area contributed by atoms with Crippen molar-refractivity contribution in [1.29, 1.82) is 0 Å². The van der Waals surface area contributed by atoms with Crippen LogP contribution in [0.4, 0.5) is 0 Å². The molecule has 0 fully saturated rings. The van der Waals surface area contributed by atoms with E-state index >= 15 is 0 Å². The molecule has 0 spiro atoms. The first-order valence-electron chi connectivity index (χ1n) is 6.98. The Morgan fingerprint density at radius 2 is 2.10 bits per heavy atom. The van der Waals surface area contributed by atoms with Gasteiger partial charge < -0.3 is 10.2 Å². The molecule has 0 aliphatic rings. The van der Waals surface area contributed by atoms with Gasteiger partial charge in [-0.05, 0) is 57.7 Å². The molecular formula is C16H22ClN3. The van der Waals surface area contributed by atoms with E-state index in [-0.39, 0.29) is 0 Å². The minimum atomic E-state index is 0.479. The van der Waals surface area contributed by atoms with Crippen molar-refractivity contribution in [2.75, 3.05) is 20.6 Å². The molecule has 1 aromatic carbocycles. The molecule has 0 bridgehead atoms. The summed E-state index contributed by atoms with van der Waals surface area (Å²) < 4.78 is 0. The van der Waals surface area contributed by atoms with Crippen LogP contribution in [0.2, 0.25) is 5.02 Å². The van der Waals surface area contributed by atoms with Crippen LogP contribution in [0.3, 0.4) is 0 Å². The van der Waals surface area contributed by atoms with Crippen molar-refractivity contribution in [3.05, 3.63) is 41.0 Å². The summed E-state index contributed by atoms with van der Waals surface area (Å²) in [5.74, 6) is 0. The average molecular weight is 292 g/mol. The Hall–Kier alpha value is -1.16. The lowest BCUT2D eigenvalue weighted by Gasteiger charge is -2.17. The first-order chi connectivity index (χ1) is 9.58. The molecule has 0 radical (unpaired) electrons. The van der Waals surface area contributed by atoms with Crippen LogP contribution >= 0.6 is 11.6 Å². The van der Waals surface area contributed by atoms with Crippen molar-refractivity contribution in [3.63, 3.8) is 0 Å². The van der Waals surface area contributed by atoms with Gasteiger partial charge in [-0.1, -0.05) is 17.7 Å². The maximum atomic E-state index is 6.21. The normalized spacial score (nSPS) is 13.1. The molecule has 0 saturated heterocycles. The van der Waals surface area contributed by atoms with Gasteiger partial charge in [0.15, 0.2) is 0 Å². The molecule has 0 aliphatic carbocycles. The molecule has 1 N–H and O–H groups in total. The lowest BCUT2D eigenvalue weighted by Crippen LogP contribution is -2.29. The number of nitrogens with one attached hydrogen (secondary N) is 1. The Morgan fingerprint density at radius 3 is 2.85 bits per heavy atom. The molecule has 1 heterocycles. The van der Waals surface area contributed by atoms with Gasteiger partial charge in [0, 0.05) is 29.2 Å². The van der Waals surface area contributed by atoms with E-state index in [0.717, 1.165) is 35.4 Å². The van der Waals surface area contributed by atoms with Crippen LogP contribution in [-0.2, 0) is 6.54 Å². The lowest BCUT2D eigenvalue weighted by atomic mass is 10.1. The standard InChI is InChI=1S/C16H22ClN3/c1-12(8-10-20(2)3)19-11-13-6-7-15(17)14-5-4-9-18-16(13)14/h4-7,9,12,19H,8,10-11H2,1-3H3. The quantitative estimate of drug-likeness (QED) is 0.885. The van der Waals surface area contributed by atoms with Gasteiger partial charge >= 0.3 is 0 Å².